The summed E-state index contributed by atoms with van der Waals surface area (Å²) in [6, 6.07) is 7.36. The zero-order chi connectivity index (χ0) is 14.0. The van der Waals surface area contributed by atoms with Crippen molar-refractivity contribution in [2.75, 3.05) is 0 Å². The molecule has 0 N–H and O–H groups in total. The van der Waals surface area contributed by atoms with Crippen molar-refractivity contribution in [1.29, 1.82) is 0 Å². The van der Waals surface area contributed by atoms with Crippen LogP contribution in [0.5, 0.6) is 11.6 Å². The van der Waals surface area contributed by atoms with Gasteiger partial charge < -0.3 is 4.74 Å². The maximum absolute atomic E-state index is 6.14. The minimum absolute atomic E-state index is 0.230. The molecule has 2 rings (SSSR count). The van der Waals surface area contributed by atoms with Crippen LogP contribution in [0.4, 0.5) is 0 Å². The number of rotatable bonds is 3. The van der Waals surface area contributed by atoms with Gasteiger partial charge in [0.1, 0.15) is 16.2 Å². The smallest absolute Gasteiger partial charge is 0.223 e. The van der Waals surface area contributed by atoms with E-state index in [1.807, 2.05) is 39.0 Å². The molecule has 0 aliphatic carbocycles. The van der Waals surface area contributed by atoms with Crippen LogP contribution < -0.4 is 4.74 Å². The van der Waals surface area contributed by atoms with Gasteiger partial charge in [0.2, 0.25) is 5.88 Å². The van der Waals surface area contributed by atoms with E-state index < -0.39 is 0 Å². The van der Waals surface area contributed by atoms with Gasteiger partial charge in [-0.15, -0.1) is 0 Å². The van der Waals surface area contributed by atoms with E-state index in [-0.39, 0.29) is 5.92 Å². The van der Waals surface area contributed by atoms with Gasteiger partial charge in [-0.1, -0.05) is 31.5 Å². The van der Waals surface area contributed by atoms with Gasteiger partial charge in [0.25, 0.3) is 0 Å². The maximum atomic E-state index is 6.14. The number of hydrogen-bond donors (Lipinski definition) is 0. The number of ether oxygens (including phenoxy) is 1. The molecule has 0 bridgehead atoms. The van der Waals surface area contributed by atoms with Gasteiger partial charge >= 0.3 is 0 Å². The molecule has 3 nitrogen and oxygen atoms in total. The first-order chi connectivity index (χ1) is 8.95. The topological polar surface area (TPSA) is 35.0 Å². The van der Waals surface area contributed by atoms with E-state index in [0.29, 0.717) is 21.3 Å². The first-order valence-corrected chi connectivity index (χ1v) is 7.11. The minimum Gasteiger partial charge on any atom is -0.437 e. The molecule has 0 amide bonds. The zero-order valence-corrected chi connectivity index (χ0v) is 13.3. The maximum Gasteiger partial charge on any atom is 0.223 e. The second-order valence-electron chi connectivity index (χ2n) is 4.58. The first-order valence-electron chi connectivity index (χ1n) is 5.94. The number of nitrogens with zero attached hydrogens (tertiary/aromatic N) is 2. The Morgan fingerprint density at radius 1 is 1.21 bits per heavy atom. The van der Waals surface area contributed by atoms with Crippen LogP contribution in [0.15, 0.2) is 28.9 Å². The Hall–Kier alpha value is -1.13. The predicted octanol–water partition coefficient (Wildman–Crippen LogP) is 5.12. The second kappa shape index (κ2) is 5.88. The van der Waals surface area contributed by atoms with Gasteiger partial charge in [-0.05, 0) is 40.5 Å². The van der Waals surface area contributed by atoms with Crippen molar-refractivity contribution in [3.63, 3.8) is 0 Å². The monoisotopic (exact) mass is 340 g/mol. The number of aryl methyl sites for hydroxylation is 1. The Morgan fingerprint density at radius 2 is 1.95 bits per heavy atom. The highest BCUT2D eigenvalue weighted by molar-refractivity contribution is 9.10. The SMILES string of the molecule is Cc1ccc(Oc2cc(Br)nc(C(C)C)n2)c(Cl)c1. The average Bonchev–Trinajstić information content (AvgIpc) is 2.32. The molecule has 1 aromatic heterocycles. The Kier molecular flexibility index (Phi) is 4.42. The summed E-state index contributed by atoms with van der Waals surface area (Å²) in [7, 11) is 0. The highest BCUT2D eigenvalue weighted by atomic mass is 79.9. The molecule has 1 heterocycles. The van der Waals surface area contributed by atoms with Crippen LogP contribution in [0.3, 0.4) is 0 Å². The fraction of sp³-hybridized carbons (Fsp3) is 0.286. The molecule has 0 atom stereocenters. The van der Waals surface area contributed by atoms with Crippen molar-refractivity contribution in [2.24, 2.45) is 0 Å². The van der Waals surface area contributed by atoms with E-state index in [4.69, 9.17) is 16.3 Å². The van der Waals surface area contributed by atoms with Crippen molar-refractivity contribution in [3.05, 3.63) is 45.3 Å². The molecule has 2 aromatic rings. The Labute approximate surface area is 126 Å². The van der Waals surface area contributed by atoms with E-state index in [1.54, 1.807) is 6.07 Å². The molecular weight excluding hydrogens is 328 g/mol. The van der Waals surface area contributed by atoms with Crippen molar-refractivity contribution < 1.29 is 4.74 Å². The van der Waals surface area contributed by atoms with Crippen LogP contribution in [0, 0.1) is 6.92 Å². The fourth-order valence-corrected chi connectivity index (χ4v) is 2.18. The van der Waals surface area contributed by atoms with Gasteiger partial charge in [-0.3, -0.25) is 0 Å². The van der Waals surface area contributed by atoms with E-state index >= 15 is 0 Å². The summed E-state index contributed by atoms with van der Waals surface area (Å²) < 4.78 is 6.42. The molecule has 0 saturated carbocycles. The molecule has 0 aliphatic heterocycles. The van der Waals surface area contributed by atoms with Gasteiger partial charge in [0, 0.05) is 12.0 Å². The van der Waals surface area contributed by atoms with Crippen LogP contribution in [0.1, 0.15) is 31.2 Å². The lowest BCUT2D eigenvalue weighted by Gasteiger charge is -2.10. The van der Waals surface area contributed by atoms with Crippen molar-refractivity contribution in [1.82, 2.24) is 9.97 Å². The summed E-state index contributed by atoms with van der Waals surface area (Å²) in [5, 5.41) is 0.570. The predicted molar refractivity (Wildman–Crippen MR) is 80.1 cm³/mol. The standard InChI is InChI=1S/C14H14BrClN2O/c1-8(2)14-17-12(15)7-13(18-14)19-11-5-4-9(3)6-10(11)16/h4-8H,1-3H3. The second-order valence-corrected chi connectivity index (χ2v) is 5.80. The van der Waals surface area contributed by atoms with E-state index in [9.17, 15) is 0 Å². The zero-order valence-electron chi connectivity index (χ0n) is 10.9. The quantitative estimate of drug-likeness (QED) is 0.727. The number of halogens is 2. The van der Waals surface area contributed by atoms with Crippen LogP contribution in [0.2, 0.25) is 5.02 Å². The molecular formula is C14H14BrClN2O. The summed E-state index contributed by atoms with van der Waals surface area (Å²) in [6.07, 6.45) is 0. The molecule has 100 valence electrons. The van der Waals surface area contributed by atoms with Crippen molar-refractivity contribution in [2.45, 2.75) is 26.7 Å². The Bertz CT molecular complexity index is 602. The van der Waals surface area contributed by atoms with Crippen LogP contribution in [0.25, 0.3) is 0 Å². The van der Waals surface area contributed by atoms with Crippen LogP contribution >= 0.6 is 27.5 Å². The lowest BCUT2D eigenvalue weighted by atomic mass is 10.2. The number of benzene rings is 1. The summed E-state index contributed by atoms with van der Waals surface area (Å²) >= 11 is 9.50. The summed E-state index contributed by atoms with van der Waals surface area (Å²) in [5.74, 6) is 2.03. The molecule has 0 spiro atoms. The summed E-state index contributed by atoms with van der Waals surface area (Å²) in [6.45, 7) is 6.04. The molecule has 1 aromatic carbocycles. The largest absolute Gasteiger partial charge is 0.437 e. The third-order valence-electron chi connectivity index (χ3n) is 2.51. The van der Waals surface area contributed by atoms with Crippen LogP contribution in [-0.4, -0.2) is 9.97 Å². The van der Waals surface area contributed by atoms with Crippen molar-refractivity contribution >= 4 is 27.5 Å². The number of aromatic nitrogens is 2. The average molecular weight is 342 g/mol. The third kappa shape index (κ3) is 3.67. The van der Waals surface area contributed by atoms with E-state index in [1.165, 1.54) is 0 Å². The molecule has 5 heteroatoms. The Balaban J connectivity index is 2.32. The Morgan fingerprint density at radius 3 is 2.58 bits per heavy atom. The summed E-state index contributed by atoms with van der Waals surface area (Å²) in [5.41, 5.74) is 1.09. The lowest BCUT2D eigenvalue weighted by molar-refractivity contribution is 0.456. The highest BCUT2D eigenvalue weighted by Crippen LogP contribution is 2.30. The van der Waals surface area contributed by atoms with E-state index in [0.717, 1.165) is 11.4 Å². The van der Waals surface area contributed by atoms with Gasteiger partial charge in [0.15, 0.2) is 0 Å². The molecule has 0 saturated heterocycles. The molecule has 0 unspecified atom stereocenters. The fourth-order valence-electron chi connectivity index (χ4n) is 1.53. The van der Waals surface area contributed by atoms with Crippen LogP contribution in [-0.2, 0) is 0 Å². The molecule has 19 heavy (non-hydrogen) atoms. The number of hydrogen-bond acceptors (Lipinski definition) is 3. The van der Waals surface area contributed by atoms with Crippen molar-refractivity contribution in [3.8, 4) is 11.6 Å². The van der Waals surface area contributed by atoms with E-state index in [2.05, 4.69) is 25.9 Å². The lowest BCUT2D eigenvalue weighted by Crippen LogP contribution is -2.00. The highest BCUT2D eigenvalue weighted by Gasteiger charge is 2.10. The molecule has 0 fully saturated rings. The van der Waals surface area contributed by atoms with Gasteiger partial charge in [-0.25, -0.2) is 4.98 Å². The van der Waals surface area contributed by atoms with Gasteiger partial charge in [0.05, 0.1) is 5.02 Å². The third-order valence-corrected chi connectivity index (χ3v) is 3.21. The normalized spacial score (nSPS) is 10.8. The molecule has 0 aliphatic rings. The minimum atomic E-state index is 0.230. The first kappa shape index (κ1) is 14.3. The summed E-state index contributed by atoms with van der Waals surface area (Å²) in [4.78, 5) is 8.67. The van der Waals surface area contributed by atoms with Gasteiger partial charge in [-0.2, -0.15) is 4.98 Å². The molecule has 0 radical (unpaired) electrons.